The molecule has 156 valence electrons. The molecule has 0 saturated carbocycles. The van der Waals surface area contributed by atoms with Gasteiger partial charge in [-0.05, 0) is 49.9 Å². The molecule has 0 unspecified atom stereocenters. The quantitative estimate of drug-likeness (QED) is 0.522. The van der Waals surface area contributed by atoms with E-state index in [1.807, 2.05) is 0 Å². The van der Waals surface area contributed by atoms with Gasteiger partial charge < -0.3 is 4.74 Å². The molecule has 2 rings (SSSR count). The highest BCUT2D eigenvalue weighted by Gasteiger charge is 2.30. The maximum atomic E-state index is 12.7. The molecule has 0 aliphatic carbocycles. The summed E-state index contributed by atoms with van der Waals surface area (Å²) >= 11 is 0. The van der Waals surface area contributed by atoms with Crippen LogP contribution in [0.15, 0.2) is 58.5 Å². The lowest BCUT2D eigenvalue weighted by atomic mass is 10.1. The fourth-order valence-corrected chi connectivity index (χ4v) is 2.88. The van der Waals surface area contributed by atoms with Crippen LogP contribution in [0, 0.1) is 0 Å². The minimum Gasteiger partial charge on any atom is -0.484 e. The van der Waals surface area contributed by atoms with Crippen LogP contribution in [0.5, 0.6) is 5.75 Å². The number of hydrogen-bond donors (Lipinski definition) is 2. The van der Waals surface area contributed by atoms with Crippen LogP contribution in [-0.2, 0) is 21.0 Å². The lowest BCUT2D eigenvalue weighted by molar-refractivity contribution is -0.137. The average Bonchev–Trinajstić information content (AvgIpc) is 2.70. The predicted octanol–water partition coefficient (Wildman–Crippen LogP) is 2.53. The topological polar surface area (TPSA) is 96.9 Å². The Morgan fingerprint density at radius 2 is 1.79 bits per heavy atom. The Morgan fingerprint density at radius 3 is 2.38 bits per heavy atom. The normalized spacial score (nSPS) is 12.5. The monoisotopic (exact) mass is 429 g/mol. The summed E-state index contributed by atoms with van der Waals surface area (Å²) in [4.78, 5) is 11.9. The van der Waals surface area contributed by atoms with Crippen molar-refractivity contribution in [1.82, 2.24) is 10.1 Å². The first-order valence-corrected chi connectivity index (χ1v) is 9.68. The number of hydrazone groups is 1. The second-order valence-corrected chi connectivity index (χ2v) is 7.66. The number of benzene rings is 2. The molecule has 0 fully saturated rings. The lowest BCUT2D eigenvalue weighted by Crippen LogP contribution is -2.25. The van der Waals surface area contributed by atoms with E-state index in [4.69, 9.17) is 4.74 Å². The molecule has 2 N–H and O–H groups in total. The van der Waals surface area contributed by atoms with E-state index in [0.29, 0.717) is 11.3 Å². The summed E-state index contributed by atoms with van der Waals surface area (Å²) in [6.07, 6.45) is -4.51. The van der Waals surface area contributed by atoms with Crippen LogP contribution >= 0.6 is 0 Å². The van der Waals surface area contributed by atoms with Gasteiger partial charge in [0.25, 0.3) is 5.91 Å². The number of alkyl halides is 3. The van der Waals surface area contributed by atoms with E-state index < -0.39 is 34.3 Å². The largest absolute Gasteiger partial charge is 0.484 e. The van der Waals surface area contributed by atoms with Crippen LogP contribution < -0.4 is 14.9 Å². The van der Waals surface area contributed by atoms with Crippen molar-refractivity contribution in [3.8, 4) is 5.75 Å². The van der Waals surface area contributed by atoms with Crippen molar-refractivity contribution >= 4 is 21.6 Å². The molecular formula is C18H18F3N3O4S. The smallest absolute Gasteiger partial charge is 0.416 e. The zero-order chi connectivity index (χ0) is 21.7. The molecule has 1 amide bonds. The van der Waals surface area contributed by atoms with Crippen molar-refractivity contribution in [3.05, 3.63) is 59.7 Å². The first kappa shape index (κ1) is 22.4. The second-order valence-electron chi connectivity index (χ2n) is 5.78. The molecule has 0 aliphatic heterocycles. The molecule has 0 heterocycles. The van der Waals surface area contributed by atoms with Gasteiger partial charge in [-0.2, -0.15) is 18.3 Å². The summed E-state index contributed by atoms with van der Waals surface area (Å²) in [6.45, 7) is 1.06. The highest BCUT2D eigenvalue weighted by atomic mass is 32.2. The first-order chi connectivity index (χ1) is 13.5. The Labute approximate surface area is 165 Å². The highest BCUT2D eigenvalue weighted by molar-refractivity contribution is 7.89. The third-order valence-electron chi connectivity index (χ3n) is 3.73. The number of rotatable bonds is 7. The fourth-order valence-electron chi connectivity index (χ4n) is 2.15. The molecule has 0 saturated heterocycles. The number of hydrogen-bond acceptors (Lipinski definition) is 5. The van der Waals surface area contributed by atoms with Gasteiger partial charge in [0.05, 0.1) is 16.2 Å². The molecule has 2 aromatic carbocycles. The number of amides is 1. The van der Waals surface area contributed by atoms with Crippen LogP contribution in [0.4, 0.5) is 13.2 Å². The minimum atomic E-state index is -4.51. The van der Waals surface area contributed by atoms with E-state index in [-0.39, 0.29) is 10.6 Å². The average molecular weight is 429 g/mol. The molecule has 0 atom stereocenters. The van der Waals surface area contributed by atoms with Crippen molar-refractivity contribution < 1.29 is 31.1 Å². The number of ether oxygens (including phenoxy) is 1. The second kappa shape index (κ2) is 9.05. The van der Waals surface area contributed by atoms with Crippen molar-refractivity contribution in [2.45, 2.75) is 18.0 Å². The number of sulfonamides is 1. The Bertz CT molecular complexity index is 1000. The molecule has 7 nitrogen and oxygen atoms in total. The molecule has 0 aliphatic rings. The van der Waals surface area contributed by atoms with Crippen molar-refractivity contribution in [3.63, 3.8) is 0 Å². The third-order valence-corrected chi connectivity index (χ3v) is 5.16. The fraction of sp³-hybridized carbons (Fsp3) is 0.222. The predicted molar refractivity (Wildman–Crippen MR) is 100.0 cm³/mol. The summed E-state index contributed by atoms with van der Waals surface area (Å²) in [6, 6.07) is 9.99. The van der Waals surface area contributed by atoms with Crippen LogP contribution in [0.1, 0.15) is 18.1 Å². The Balaban J connectivity index is 1.95. The minimum absolute atomic E-state index is 0.0788. The summed E-state index contributed by atoms with van der Waals surface area (Å²) in [5.41, 5.74) is 2.30. The molecule has 0 bridgehead atoms. The Kier molecular flexibility index (Phi) is 6.98. The Morgan fingerprint density at radius 1 is 1.14 bits per heavy atom. The van der Waals surface area contributed by atoms with Gasteiger partial charge in [-0.15, -0.1) is 0 Å². The van der Waals surface area contributed by atoms with Crippen molar-refractivity contribution in [1.29, 1.82) is 0 Å². The van der Waals surface area contributed by atoms with E-state index in [1.54, 1.807) is 6.92 Å². The lowest BCUT2D eigenvalue weighted by Gasteiger charge is -2.10. The number of nitrogens with one attached hydrogen (secondary N) is 2. The van der Waals surface area contributed by atoms with Crippen LogP contribution in [0.3, 0.4) is 0 Å². The molecular weight excluding hydrogens is 411 g/mol. The molecule has 11 heteroatoms. The maximum Gasteiger partial charge on any atom is 0.416 e. The van der Waals surface area contributed by atoms with Gasteiger partial charge in [-0.1, -0.05) is 18.2 Å². The van der Waals surface area contributed by atoms with E-state index in [9.17, 15) is 26.4 Å². The number of carbonyl (C=O) groups excluding carboxylic acids is 1. The van der Waals surface area contributed by atoms with Gasteiger partial charge in [0.1, 0.15) is 5.75 Å². The van der Waals surface area contributed by atoms with Gasteiger partial charge >= 0.3 is 6.18 Å². The van der Waals surface area contributed by atoms with Gasteiger partial charge in [-0.3, -0.25) is 4.79 Å². The molecule has 2 aromatic rings. The third kappa shape index (κ3) is 6.29. The molecule has 0 radical (unpaired) electrons. The number of halogens is 3. The van der Waals surface area contributed by atoms with Gasteiger partial charge in [0, 0.05) is 0 Å². The summed E-state index contributed by atoms with van der Waals surface area (Å²) in [5.74, 6) is -0.770. The standard InChI is InChI=1S/C18H18F3N3O4S/c1-12(13-6-8-16(9-7-13)29(26,27)22-2)23-24-17(25)11-28-15-5-3-4-14(10-15)18(19,20)21/h3-10,22H,11H2,1-2H3,(H,24,25)/b23-12+. The van der Waals surface area contributed by atoms with Gasteiger partial charge in [-0.25, -0.2) is 18.6 Å². The van der Waals surface area contributed by atoms with Crippen LogP contribution in [0.2, 0.25) is 0 Å². The number of nitrogens with zero attached hydrogens (tertiary/aromatic N) is 1. The first-order valence-electron chi connectivity index (χ1n) is 8.20. The van der Waals surface area contributed by atoms with E-state index in [2.05, 4.69) is 15.2 Å². The summed E-state index contributed by atoms with van der Waals surface area (Å²) in [7, 11) is -2.26. The van der Waals surface area contributed by atoms with Gasteiger partial charge in [0.2, 0.25) is 10.0 Å². The van der Waals surface area contributed by atoms with Crippen molar-refractivity contribution in [2.24, 2.45) is 5.10 Å². The zero-order valence-corrected chi connectivity index (χ0v) is 16.3. The number of carbonyl (C=O) groups is 1. The highest BCUT2D eigenvalue weighted by Crippen LogP contribution is 2.31. The maximum absolute atomic E-state index is 12.7. The summed E-state index contributed by atoms with van der Waals surface area (Å²) < 4.78 is 68.6. The molecule has 0 aromatic heterocycles. The zero-order valence-electron chi connectivity index (χ0n) is 15.4. The van der Waals surface area contributed by atoms with E-state index >= 15 is 0 Å². The van der Waals surface area contributed by atoms with Crippen LogP contribution in [-0.4, -0.2) is 33.7 Å². The van der Waals surface area contributed by atoms with Crippen LogP contribution in [0.25, 0.3) is 0 Å². The van der Waals surface area contributed by atoms with Gasteiger partial charge in [0.15, 0.2) is 6.61 Å². The van der Waals surface area contributed by atoms with Crippen molar-refractivity contribution in [2.75, 3.05) is 13.7 Å². The summed E-state index contributed by atoms with van der Waals surface area (Å²) in [5, 5.41) is 3.87. The van der Waals surface area contributed by atoms with E-state index in [1.165, 1.54) is 43.4 Å². The molecule has 0 spiro atoms. The SMILES string of the molecule is CNS(=O)(=O)c1ccc(/C(C)=N/NC(=O)COc2cccc(C(F)(F)F)c2)cc1. The van der Waals surface area contributed by atoms with E-state index in [0.717, 1.165) is 12.1 Å². The Hall–Kier alpha value is -2.92. The molecule has 29 heavy (non-hydrogen) atoms.